The molecule has 1 saturated heterocycles. The zero-order valence-corrected chi connectivity index (χ0v) is 14.7. The van der Waals surface area contributed by atoms with E-state index >= 15 is 0 Å². The number of amides is 1. The minimum Gasteiger partial charge on any atom is -0.383 e. The van der Waals surface area contributed by atoms with Crippen molar-refractivity contribution in [1.82, 2.24) is 24.8 Å². The van der Waals surface area contributed by atoms with Crippen LogP contribution < -0.4 is 0 Å². The number of aromatic nitrogens is 3. The lowest BCUT2D eigenvalue weighted by molar-refractivity contribution is 0.0588. The van der Waals surface area contributed by atoms with E-state index in [4.69, 9.17) is 4.74 Å². The number of hydrogen-bond acceptors (Lipinski definition) is 5. The Morgan fingerprint density at radius 1 is 1.17 bits per heavy atom. The van der Waals surface area contributed by atoms with Crippen molar-refractivity contribution < 1.29 is 9.53 Å². The summed E-state index contributed by atoms with van der Waals surface area (Å²) in [5.41, 5.74) is 0.490. The predicted molar refractivity (Wildman–Crippen MR) is 91.0 cm³/mol. The molecule has 2 fully saturated rings. The molecule has 3 rings (SSSR count). The van der Waals surface area contributed by atoms with E-state index < -0.39 is 0 Å². The smallest absolute Gasteiger partial charge is 0.276 e. The normalized spacial score (nSPS) is 21.0. The van der Waals surface area contributed by atoms with Crippen molar-refractivity contribution in [3.05, 3.63) is 11.9 Å². The van der Waals surface area contributed by atoms with Crippen LogP contribution in [0.1, 0.15) is 55.1 Å². The van der Waals surface area contributed by atoms with Crippen molar-refractivity contribution in [2.45, 2.75) is 44.6 Å². The summed E-state index contributed by atoms with van der Waals surface area (Å²) < 4.78 is 7.04. The standard InChI is InChI=1S/C17H29N5O2/c1-24-13-12-20-8-10-21(11-9-20)17(23)16-14-22(19-18-16)15-6-4-2-3-5-7-15/h14-15H,2-13H2,1H3. The number of hydrogen-bond donors (Lipinski definition) is 0. The molecule has 0 radical (unpaired) electrons. The van der Waals surface area contributed by atoms with Gasteiger partial charge in [0, 0.05) is 39.8 Å². The second-order valence-electron chi connectivity index (χ2n) is 6.86. The molecule has 2 heterocycles. The number of carbonyl (C=O) groups excluding carboxylic acids is 1. The highest BCUT2D eigenvalue weighted by atomic mass is 16.5. The van der Waals surface area contributed by atoms with E-state index in [1.165, 1.54) is 25.7 Å². The van der Waals surface area contributed by atoms with Crippen molar-refractivity contribution in [2.24, 2.45) is 0 Å². The van der Waals surface area contributed by atoms with Crippen molar-refractivity contribution in [2.75, 3.05) is 46.4 Å². The molecule has 0 unspecified atom stereocenters. The summed E-state index contributed by atoms with van der Waals surface area (Å²) in [6.45, 7) is 4.95. The number of ether oxygens (including phenoxy) is 1. The van der Waals surface area contributed by atoms with Gasteiger partial charge < -0.3 is 9.64 Å². The topological polar surface area (TPSA) is 63.5 Å². The molecule has 7 nitrogen and oxygen atoms in total. The molecule has 0 spiro atoms. The number of piperazine rings is 1. The second-order valence-corrected chi connectivity index (χ2v) is 6.86. The molecule has 134 valence electrons. The van der Waals surface area contributed by atoms with Gasteiger partial charge in [0.1, 0.15) is 0 Å². The Morgan fingerprint density at radius 3 is 2.54 bits per heavy atom. The van der Waals surface area contributed by atoms with E-state index in [9.17, 15) is 4.79 Å². The van der Waals surface area contributed by atoms with Gasteiger partial charge in [-0.3, -0.25) is 9.69 Å². The Balaban J connectivity index is 1.54. The summed E-state index contributed by atoms with van der Waals surface area (Å²) in [4.78, 5) is 16.9. The van der Waals surface area contributed by atoms with Gasteiger partial charge in [-0.2, -0.15) is 0 Å². The Labute approximate surface area is 143 Å². The highest BCUT2D eigenvalue weighted by molar-refractivity contribution is 5.92. The molecule has 7 heteroatoms. The highest BCUT2D eigenvalue weighted by Crippen LogP contribution is 2.26. The van der Waals surface area contributed by atoms with E-state index in [1.54, 1.807) is 7.11 Å². The summed E-state index contributed by atoms with van der Waals surface area (Å²) in [6.07, 6.45) is 9.27. The fourth-order valence-corrected chi connectivity index (χ4v) is 3.63. The van der Waals surface area contributed by atoms with Crippen LogP contribution in [0, 0.1) is 0 Å². The molecule has 2 aliphatic rings. The molecule has 0 aromatic carbocycles. The minimum absolute atomic E-state index is 0.0151. The third-order valence-electron chi connectivity index (χ3n) is 5.20. The van der Waals surface area contributed by atoms with E-state index in [0.29, 0.717) is 11.7 Å². The van der Waals surface area contributed by atoms with Crippen LogP contribution >= 0.6 is 0 Å². The summed E-state index contributed by atoms with van der Waals surface area (Å²) in [6, 6.07) is 0.410. The monoisotopic (exact) mass is 335 g/mol. The van der Waals surface area contributed by atoms with Gasteiger partial charge in [0.2, 0.25) is 0 Å². The molecular weight excluding hydrogens is 306 g/mol. The molecule has 0 bridgehead atoms. The minimum atomic E-state index is 0.0151. The van der Waals surface area contributed by atoms with Crippen molar-refractivity contribution >= 4 is 5.91 Å². The van der Waals surface area contributed by atoms with E-state index in [0.717, 1.165) is 52.2 Å². The molecule has 1 aliphatic heterocycles. The first-order chi connectivity index (χ1) is 11.8. The third kappa shape index (κ3) is 4.33. The molecule has 0 N–H and O–H groups in total. The number of nitrogens with zero attached hydrogens (tertiary/aromatic N) is 5. The van der Waals surface area contributed by atoms with Crippen molar-refractivity contribution in [3.63, 3.8) is 0 Å². The molecule has 0 atom stereocenters. The largest absolute Gasteiger partial charge is 0.383 e. The Kier molecular flexibility index (Phi) is 6.20. The SMILES string of the molecule is COCCN1CCN(C(=O)c2cn(C3CCCCCC3)nn2)CC1. The maximum absolute atomic E-state index is 12.7. The molecule has 1 aliphatic carbocycles. The van der Waals surface area contributed by atoms with Crippen LogP contribution in [0.15, 0.2) is 6.20 Å². The van der Waals surface area contributed by atoms with Crippen LogP contribution in [0.25, 0.3) is 0 Å². The molecular formula is C17H29N5O2. The molecule has 1 saturated carbocycles. The maximum atomic E-state index is 12.7. The predicted octanol–water partition coefficient (Wildman–Crippen LogP) is 1.58. The first kappa shape index (κ1) is 17.4. The Bertz CT molecular complexity index is 517. The number of methoxy groups -OCH3 is 1. The lowest BCUT2D eigenvalue weighted by Crippen LogP contribution is -2.49. The Morgan fingerprint density at radius 2 is 1.88 bits per heavy atom. The Hall–Kier alpha value is -1.47. The van der Waals surface area contributed by atoms with Gasteiger partial charge in [-0.15, -0.1) is 5.10 Å². The zero-order valence-electron chi connectivity index (χ0n) is 14.7. The summed E-state index contributed by atoms with van der Waals surface area (Å²) in [7, 11) is 1.72. The van der Waals surface area contributed by atoms with Crippen molar-refractivity contribution in [1.29, 1.82) is 0 Å². The average Bonchev–Trinajstić information content (AvgIpc) is 2.95. The first-order valence-corrected chi connectivity index (χ1v) is 9.20. The fraction of sp³-hybridized carbons (Fsp3) is 0.824. The van der Waals surface area contributed by atoms with E-state index in [-0.39, 0.29) is 5.91 Å². The lowest BCUT2D eigenvalue weighted by atomic mass is 10.1. The van der Waals surface area contributed by atoms with Gasteiger partial charge in [0.05, 0.1) is 18.8 Å². The van der Waals surface area contributed by atoms with Crippen LogP contribution in [-0.2, 0) is 4.74 Å². The highest BCUT2D eigenvalue weighted by Gasteiger charge is 2.25. The van der Waals surface area contributed by atoms with E-state index in [1.807, 2.05) is 15.8 Å². The molecule has 24 heavy (non-hydrogen) atoms. The molecule has 1 amide bonds. The van der Waals surface area contributed by atoms with Gasteiger partial charge in [0.15, 0.2) is 5.69 Å². The average molecular weight is 335 g/mol. The summed E-state index contributed by atoms with van der Waals surface area (Å²) in [5, 5.41) is 8.40. The van der Waals surface area contributed by atoms with Crippen LogP contribution in [0.4, 0.5) is 0 Å². The van der Waals surface area contributed by atoms with Gasteiger partial charge in [-0.05, 0) is 12.8 Å². The third-order valence-corrected chi connectivity index (χ3v) is 5.20. The van der Waals surface area contributed by atoms with Crippen LogP contribution in [0.5, 0.6) is 0 Å². The van der Waals surface area contributed by atoms with Crippen LogP contribution in [0.2, 0.25) is 0 Å². The summed E-state index contributed by atoms with van der Waals surface area (Å²) in [5.74, 6) is 0.0151. The van der Waals surface area contributed by atoms with Gasteiger partial charge in [-0.25, -0.2) is 4.68 Å². The van der Waals surface area contributed by atoms with Gasteiger partial charge in [-0.1, -0.05) is 30.9 Å². The lowest BCUT2D eigenvalue weighted by Gasteiger charge is -2.34. The summed E-state index contributed by atoms with van der Waals surface area (Å²) >= 11 is 0. The van der Waals surface area contributed by atoms with Crippen LogP contribution in [-0.4, -0.2) is 77.1 Å². The van der Waals surface area contributed by atoms with Gasteiger partial charge >= 0.3 is 0 Å². The second kappa shape index (κ2) is 8.58. The maximum Gasteiger partial charge on any atom is 0.276 e. The van der Waals surface area contributed by atoms with E-state index in [2.05, 4.69) is 15.2 Å². The van der Waals surface area contributed by atoms with Crippen LogP contribution in [0.3, 0.4) is 0 Å². The molecule has 1 aromatic rings. The zero-order chi connectivity index (χ0) is 16.8. The number of rotatable bonds is 5. The van der Waals surface area contributed by atoms with Gasteiger partial charge in [0.25, 0.3) is 5.91 Å². The first-order valence-electron chi connectivity index (χ1n) is 9.20. The quantitative estimate of drug-likeness (QED) is 0.765. The fourth-order valence-electron chi connectivity index (χ4n) is 3.63. The number of carbonyl (C=O) groups is 1. The van der Waals surface area contributed by atoms with Crippen molar-refractivity contribution in [3.8, 4) is 0 Å². The molecule has 1 aromatic heterocycles.